The maximum absolute atomic E-state index is 6.94. The Morgan fingerprint density at radius 2 is 0.829 bits per heavy atom. The van der Waals surface area contributed by atoms with Crippen LogP contribution in [0.15, 0.2) is 270 Å². The van der Waals surface area contributed by atoms with Gasteiger partial charge < -0.3 is 13.7 Å². The predicted octanol–water partition coefficient (Wildman–Crippen LogP) is 18.3. The molecule has 2 aromatic heterocycles. The van der Waals surface area contributed by atoms with Crippen molar-refractivity contribution in [1.29, 1.82) is 0 Å². The van der Waals surface area contributed by atoms with E-state index in [1.54, 1.807) is 0 Å². The fourth-order valence-electron chi connectivity index (χ4n) is 11.5. The Balaban J connectivity index is 0.952. The van der Waals surface area contributed by atoms with Crippen molar-refractivity contribution in [2.24, 2.45) is 0 Å². The van der Waals surface area contributed by atoms with E-state index in [1.165, 1.54) is 44.5 Å². The maximum Gasteiger partial charge on any atom is 0.144 e. The highest BCUT2D eigenvalue weighted by molar-refractivity contribution is 6.25. The molecule has 3 heteroatoms. The van der Waals surface area contributed by atoms with E-state index >= 15 is 0 Å². The number of hydrogen-bond acceptors (Lipinski definition) is 3. The highest BCUT2D eigenvalue weighted by Crippen LogP contribution is 2.57. The van der Waals surface area contributed by atoms with Crippen molar-refractivity contribution >= 4 is 60.9 Å². The number of benzene rings is 11. The molecule has 0 amide bonds. The van der Waals surface area contributed by atoms with Gasteiger partial charge in [0.25, 0.3) is 0 Å². The van der Waals surface area contributed by atoms with Gasteiger partial charge in [-0.1, -0.05) is 206 Å². The van der Waals surface area contributed by atoms with E-state index in [4.69, 9.17) is 8.83 Å². The summed E-state index contributed by atoms with van der Waals surface area (Å²) in [5.74, 6) is 0. The number of para-hydroxylation sites is 1. The molecule has 0 spiro atoms. The summed E-state index contributed by atoms with van der Waals surface area (Å²) in [6, 6.07) is 94.1. The normalized spacial score (nSPS) is 12.7. The quantitative estimate of drug-likeness (QED) is 0.152. The maximum atomic E-state index is 6.94. The first kappa shape index (κ1) is 39.9. The molecule has 0 N–H and O–H groups in total. The van der Waals surface area contributed by atoms with Crippen LogP contribution in [0, 0.1) is 0 Å². The Morgan fingerprint density at radius 3 is 1.53 bits per heavy atom. The van der Waals surface area contributed by atoms with Crippen LogP contribution >= 0.6 is 0 Å². The van der Waals surface area contributed by atoms with Crippen molar-refractivity contribution in [3.05, 3.63) is 283 Å². The molecule has 0 saturated heterocycles. The van der Waals surface area contributed by atoms with Gasteiger partial charge in [-0.25, -0.2) is 0 Å². The van der Waals surface area contributed by atoms with Gasteiger partial charge in [-0.2, -0.15) is 0 Å². The summed E-state index contributed by atoms with van der Waals surface area (Å²) in [4.78, 5) is 2.40. The molecule has 0 saturated carbocycles. The lowest BCUT2D eigenvalue weighted by Crippen LogP contribution is -2.28. The third-order valence-corrected chi connectivity index (χ3v) is 14.6. The number of hydrogen-bond donors (Lipinski definition) is 0. The molecule has 328 valence electrons. The number of rotatable bonds is 8. The fourth-order valence-corrected chi connectivity index (χ4v) is 11.5. The molecule has 0 atom stereocenters. The Morgan fingerprint density at radius 1 is 0.300 bits per heavy atom. The van der Waals surface area contributed by atoms with E-state index in [2.05, 4.69) is 254 Å². The van der Waals surface area contributed by atoms with Gasteiger partial charge in [0, 0.05) is 44.2 Å². The van der Waals surface area contributed by atoms with Gasteiger partial charge in [-0.3, -0.25) is 0 Å². The molecule has 11 aromatic carbocycles. The van der Waals surface area contributed by atoms with Gasteiger partial charge >= 0.3 is 0 Å². The van der Waals surface area contributed by atoms with E-state index in [0.29, 0.717) is 0 Å². The SMILES string of the molecule is c1ccc(-c2ccc(N(c3ccc(-c4cccc5oc6c(-c7ccccc7)c7c(cc6c45)oc4ccccc47)cc3)c3ccc4c(c3)C(c3ccccc3)(c3ccccc3)c3ccccc3-4)cc2)cc1. The van der Waals surface area contributed by atoms with Crippen LogP contribution in [0.2, 0.25) is 0 Å². The van der Waals surface area contributed by atoms with Crippen LogP contribution in [0.25, 0.3) is 88.4 Å². The Bertz CT molecular complexity index is 4040. The zero-order valence-corrected chi connectivity index (χ0v) is 38.1. The highest BCUT2D eigenvalue weighted by atomic mass is 16.3. The predicted molar refractivity (Wildman–Crippen MR) is 289 cm³/mol. The van der Waals surface area contributed by atoms with Crippen LogP contribution in [-0.2, 0) is 5.41 Å². The summed E-state index contributed by atoms with van der Waals surface area (Å²) in [6.07, 6.45) is 0. The van der Waals surface area contributed by atoms with Crippen LogP contribution < -0.4 is 4.90 Å². The molecular weight excluding hydrogens is 851 g/mol. The topological polar surface area (TPSA) is 29.5 Å². The minimum Gasteiger partial charge on any atom is -0.456 e. The van der Waals surface area contributed by atoms with Gasteiger partial charge in [0.2, 0.25) is 0 Å². The Kier molecular flexibility index (Phi) is 9.11. The van der Waals surface area contributed by atoms with Crippen molar-refractivity contribution < 1.29 is 8.83 Å². The summed E-state index contributed by atoms with van der Waals surface area (Å²) in [6.45, 7) is 0. The minimum absolute atomic E-state index is 0.530. The van der Waals surface area contributed by atoms with Crippen LogP contribution in [0.1, 0.15) is 22.3 Å². The number of furan rings is 2. The summed E-state index contributed by atoms with van der Waals surface area (Å²) in [5, 5.41) is 4.23. The fraction of sp³-hybridized carbons (Fsp3) is 0.0149. The van der Waals surface area contributed by atoms with Crippen LogP contribution in [0.3, 0.4) is 0 Å². The monoisotopic (exact) mass is 893 g/mol. The molecule has 0 aliphatic heterocycles. The van der Waals surface area contributed by atoms with Crippen LogP contribution in [0.5, 0.6) is 0 Å². The first-order valence-corrected chi connectivity index (χ1v) is 24.0. The number of anilines is 3. The number of nitrogens with zero attached hydrogens (tertiary/aromatic N) is 1. The van der Waals surface area contributed by atoms with E-state index in [1.807, 2.05) is 12.1 Å². The summed E-state index contributed by atoms with van der Waals surface area (Å²) < 4.78 is 13.5. The zero-order chi connectivity index (χ0) is 46.2. The van der Waals surface area contributed by atoms with E-state index in [-0.39, 0.29) is 0 Å². The Hall–Kier alpha value is -9.18. The molecule has 3 nitrogen and oxygen atoms in total. The molecule has 2 heterocycles. The summed E-state index contributed by atoms with van der Waals surface area (Å²) in [7, 11) is 0. The van der Waals surface area contributed by atoms with Crippen LogP contribution in [0.4, 0.5) is 17.1 Å². The molecule has 0 bridgehead atoms. The van der Waals surface area contributed by atoms with Gasteiger partial charge in [-0.15, -0.1) is 0 Å². The second-order valence-corrected chi connectivity index (χ2v) is 18.3. The smallest absolute Gasteiger partial charge is 0.144 e. The third kappa shape index (κ3) is 6.08. The van der Waals surface area contributed by atoms with Crippen molar-refractivity contribution in [2.45, 2.75) is 5.41 Å². The summed E-state index contributed by atoms with van der Waals surface area (Å²) >= 11 is 0. The van der Waals surface area contributed by atoms with Gasteiger partial charge in [0.1, 0.15) is 22.3 Å². The van der Waals surface area contributed by atoms with E-state index in [9.17, 15) is 0 Å². The standard InChI is InChI=1S/C67H43NO2/c1-5-18-44(19-6-1)45-32-36-50(37-33-45)68(52-40-41-55-54-26-13-15-29-58(54)67(59(55)42-52,48-22-9-3-10-23-48)49-24-11-4-12-25-49)51-38-34-46(35-39-51)53-28-17-31-61-64(53)57-43-62-65(56-27-14-16-30-60(56)69-62)63(66(57)70-61)47-20-7-2-8-21-47/h1-43H. The van der Waals surface area contributed by atoms with Crippen molar-refractivity contribution in [1.82, 2.24) is 0 Å². The van der Waals surface area contributed by atoms with Crippen molar-refractivity contribution in [2.75, 3.05) is 4.90 Å². The van der Waals surface area contributed by atoms with Crippen molar-refractivity contribution in [3.8, 4) is 44.5 Å². The average Bonchev–Trinajstić information content (AvgIpc) is 4.10. The first-order valence-electron chi connectivity index (χ1n) is 24.0. The molecule has 1 aliphatic carbocycles. The second-order valence-electron chi connectivity index (χ2n) is 18.3. The largest absolute Gasteiger partial charge is 0.456 e. The second kappa shape index (κ2) is 16.0. The zero-order valence-electron chi connectivity index (χ0n) is 38.1. The molecule has 1 aliphatic rings. The lowest BCUT2D eigenvalue weighted by Gasteiger charge is -2.35. The lowest BCUT2D eigenvalue weighted by molar-refractivity contribution is 0.664. The van der Waals surface area contributed by atoms with Gasteiger partial charge in [0.05, 0.1) is 5.41 Å². The number of fused-ring (bicyclic) bond motifs is 9. The average molecular weight is 894 g/mol. The molecule has 14 rings (SSSR count). The van der Waals surface area contributed by atoms with Crippen LogP contribution in [-0.4, -0.2) is 0 Å². The highest BCUT2D eigenvalue weighted by Gasteiger charge is 2.46. The molecule has 0 fully saturated rings. The molecule has 70 heavy (non-hydrogen) atoms. The molecule has 0 radical (unpaired) electrons. The third-order valence-electron chi connectivity index (χ3n) is 14.6. The summed E-state index contributed by atoms with van der Waals surface area (Å²) in [5.41, 5.74) is 20.3. The lowest BCUT2D eigenvalue weighted by atomic mass is 9.67. The van der Waals surface area contributed by atoms with E-state index in [0.717, 1.165) is 83.2 Å². The minimum atomic E-state index is -0.530. The van der Waals surface area contributed by atoms with Crippen molar-refractivity contribution in [3.63, 3.8) is 0 Å². The molecule has 13 aromatic rings. The Labute approximate surface area is 405 Å². The van der Waals surface area contributed by atoms with Gasteiger partial charge in [-0.05, 0) is 116 Å². The van der Waals surface area contributed by atoms with Gasteiger partial charge in [0.15, 0.2) is 0 Å². The molecule has 0 unspecified atom stereocenters. The first-order chi connectivity index (χ1) is 34.7. The van der Waals surface area contributed by atoms with E-state index < -0.39 is 5.41 Å². The molecular formula is C67H43NO2.